The molecule has 7 rings (SSSR count). The number of fused-ring (bicyclic) bond motifs is 1. The maximum atomic E-state index is 13.5. The summed E-state index contributed by atoms with van der Waals surface area (Å²) in [5.41, 5.74) is 6.00. The molecule has 0 bridgehead atoms. The summed E-state index contributed by atoms with van der Waals surface area (Å²) < 4.78 is 0. The van der Waals surface area contributed by atoms with Gasteiger partial charge in [0.2, 0.25) is 0 Å². The SMILES string of the molecule is CC(NC(=O)c1ccc2c(c1)/C(=C(/Nc1ccc(N3C(=O)N/C(=C\c4ccccc4)C3=O)cc1)c1ccncc1)C(=O)N2)c1ccccc1. The molecular weight excluding hydrogens is 616 g/mol. The average molecular weight is 647 g/mol. The van der Waals surface area contributed by atoms with Crippen LogP contribution < -0.4 is 26.2 Å². The van der Waals surface area contributed by atoms with E-state index >= 15 is 0 Å². The number of imide groups is 1. The van der Waals surface area contributed by atoms with Crippen molar-refractivity contribution in [1.82, 2.24) is 15.6 Å². The van der Waals surface area contributed by atoms with Crippen LogP contribution in [0.4, 0.5) is 21.9 Å². The molecular formula is C39H30N6O4. The van der Waals surface area contributed by atoms with Gasteiger partial charge < -0.3 is 21.3 Å². The van der Waals surface area contributed by atoms with Gasteiger partial charge in [0.1, 0.15) is 5.70 Å². The number of nitrogens with one attached hydrogen (secondary N) is 4. The van der Waals surface area contributed by atoms with E-state index in [1.54, 1.807) is 73.1 Å². The first-order valence-corrected chi connectivity index (χ1v) is 15.6. The summed E-state index contributed by atoms with van der Waals surface area (Å²) in [6, 6.07) is 33.6. The number of carbonyl (C=O) groups excluding carboxylic acids is 4. The molecule has 1 fully saturated rings. The van der Waals surface area contributed by atoms with Crippen LogP contribution in [-0.2, 0) is 9.59 Å². The third kappa shape index (κ3) is 6.30. The van der Waals surface area contributed by atoms with Crippen LogP contribution in [0.3, 0.4) is 0 Å². The van der Waals surface area contributed by atoms with Crippen molar-refractivity contribution in [3.05, 3.63) is 161 Å². The van der Waals surface area contributed by atoms with E-state index < -0.39 is 11.9 Å². The molecule has 0 saturated carbocycles. The fourth-order valence-corrected chi connectivity index (χ4v) is 5.78. The Labute approximate surface area is 282 Å². The molecule has 1 unspecified atom stereocenters. The molecule has 1 aromatic heterocycles. The number of anilines is 3. The predicted molar refractivity (Wildman–Crippen MR) is 189 cm³/mol. The van der Waals surface area contributed by atoms with Crippen LogP contribution in [0.1, 0.15) is 45.6 Å². The van der Waals surface area contributed by atoms with Gasteiger partial charge in [0.05, 0.1) is 23.0 Å². The van der Waals surface area contributed by atoms with Crippen molar-refractivity contribution in [1.29, 1.82) is 0 Å². The minimum atomic E-state index is -0.551. The summed E-state index contributed by atoms with van der Waals surface area (Å²) in [4.78, 5) is 58.1. The van der Waals surface area contributed by atoms with Crippen molar-refractivity contribution in [3.8, 4) is 0 Å². The highest BCUT2D eigenvalue weighted by atomic mass is 16.2. The number of rotatable bonds is 8. The number of hydrogen-bond acceptors (Lipinski definition) is 6. The molecule has 2 aliphatic rings. The Morgan fingerprint density at radius 1 is 0.796 bits per heavy atom. The number of hydrogen-bond donors (Lipinski definition) is 4. The molecule has 1 atom stereocenters. The van der Waals surface area contributed by atoms with Crippen LogP contribution in [0.15, 0.2) is 133 Å². The molecule has 2 aliphatic heterocycles. The molecule has 49 heavy (non-hydrogen) atoms. The van der Waals surface area contributed by atoms with Crippen molar-refractivity contribution in [2.75, 3.05) is 15.5 Å². The predicted octanol–water partition coefficient (Wildman–Crippen LogP) is 6.60. The second-order valence-corrected chi connectivity index (χ2v) is 11.5. The first kappa shape index (κ1) is 30.8. The number of pyridine rings is 1. The van der Waals surface area contributed by atoms with Crippen LogP contribution in [0, 0.1) is 0 Å². The summed E-state index contributed by atoms with van der Waals surface area (Å²) in [6.07, 6.45) is 4.88. The van der Waals surface area contributed by atoms with Gasteiger partial charge in [0.15, 0.2) is 0 Å². The molecule has 10 nitrogen and oxygen atoms in total. The van der Waals surface area contributed by atoms with E-state index in [1.807, 2.05) is 67.6 Å². The molecule has 0 spiro atoms. The molecule has 5 aromatic rings. The van der Waals surface area contributed by atoms with Crippen LogP contribution in [0.25, 0.3) is 17.3 Å². The number of carbonyl (C=O) groups is 4. The topological polar surface area (TPSA) is 133 Å². The number of aromatic nitrogens is 1. The largest absolute Gasteiger partial charge is 0.354 e. The van der Waals surface area contributed by atoms with Gasteiger partial charge in [0.25, 0.3) is 17.7 Å². The quantitative estimate of drug-likeness (QED) is 0.111. The van der Waals surface area contributed by atoms with E-state index in [0.29, 0.717) is 45.0 Å². The van der Waals surface area contributed by atoms with Gasteiger partial charge in [-0.05, 0) is 78.7 Å². The van der Waals surface area contributed by atoms with Gasteiger partial charge in [-0.2, -0.15) is 0 Å². The van der Waals surface area contributed by atoms with Gasteiger partial charge in [-0.15, -0.1) is 0 Å². The maximum absolute atomic E-state index is 13.5. The van der Waals surface area contributed by atoms with E-state index in [4.69, 9.17) is 0 Å². The monoisotopic (exact) mass is 646 g/mol. The third-order valence-corrected chi connectivity index (χ3v) is 8.28. The highest BCUT2D eigenvalue weighted by Crippen LogP contribution is 2.38. The molecule has 0 aliphatic carbocycles. The van der Waals surface area contributed by atoms with Gasteiger partial charge in [-0.25, -0.2) is 9.69 Å². The molecule has 10 heteroatoms. The van der Waals surface area contributed by atoms with Crippen LogP contribution in [0.5, 0.6) is 0 Å². The fourth-order valence-electron chi connectivity index (χ4n) is 5.78. The minimum Gasteiger partial charge on any atom is -0.354 e. The zero-order valence-electron chi connectivity index (χ0n) is 26.3. The lowest BCUT2D eigenvalue weighted by molar-refractivity contribution is -0.114. The Bertz CT molecular complexity index is 2150. The van der Waals surface area contributed by atoms with Crippen molar-refractivity contribution in [2.45, 2.75) is 13.0 Å². The number of urea groups is 1. The van der Waals surface area contributed by atoms with Gasteiger partial charge in [-0.3, -0.25) is 19.4 Å². The zero-order chi connectivity index (χ0) is 33.9. The lowest BCUT2D eigenvalue weighted by Gasteiger charge is -2.17. The average Bonchev–Trinajstić information content (AvgIpc) is 3.61. The van der Waals surface area contributed by atoms with Crippen LogP contribution >= 0.6 is 0 Å². The number of nitrogens with zero attached hydrogens (tertiary/aromatic N) is 2. The van der Waals surface area contributed by atoms with Crippen molar-refractivity contribution < 1.29 is 19.2 Å². The number of benzene rings is 4. The lowest BCUT2D eigenvalue weighted by Crippen LogP contribution is -2.30. The second kappa shape index (κ2) is 13.1. The van der Waals surface area contributed by atoms with Crippen molar-refractivity contribution in [2.24, 2.45) is 0 Å². The summed E-state index contributed by atoms with van der Waals surface area (Å²) in [7, 11) is 0. The molecule has 3 heterocycles. The van der Waals surface area contributed by atoms with E-state index in [2.05, 4.69) is 26.3 Å². The minimum absolute atomic E-state index is 0.177. The molecule has 1 saturated heterocycles. The fraction of sp³-hybridized carbons (Fsp3) is 0.0513. The summed E-state index contributed by atoms with van der Waals surface area (Å²) in [5.74, 6) is -1.07. The Balaban J connectivity index is 1.18. The Morgan fingerprint density at radius 3 is 2.20 bits per heavy atom. The summed E-state index contributed by atoms with van der Waals surface area (Å²) in [6.45, 7) is 1.92. The second-order valence-electron chi connectivity index (χ2n) is 11.5. The summed E-state index contributed by atoms with van der Waals surface area (Å²) in [5, 5.41) is 12.0. The standard InChI is InChI=1S/C39H30N6O4/c1-24(26-10-6-3-7-11-26)41-36(46)28-12-17-32-31(23-28)34(37(47)43-32)35(27-18-20-40-21-19-27)42-29-13-15-30(16-14-29)45-38(48)33(44-39(45)49)22-25-8-4-2-5-9-25/h2-24,42H,1H3,(H,41,46)(H,43,47)(H,44,49)/b33-22-,35-34-. The first-order chi connectivity index (χ1) is 23.9. The van der Waals surface area contributed by atoms with Gasteiger partial charge >= 0.3 is 6.03 Å². The Morgan fingerprint density at radius 2 is 1.49 bits per heavy atom. The summed E-state index contributed by atoms with van der Waals surface area (Å²) >= 11 is 0. The maximum Gasteiger partial charge on any atom is 0.333 e. The molecule has 0 radical (unpaired) electrons. The van der Waals surface area contributed by atoms with Crippen molar-refractivity contribution in [3.63, 3.8) is 0 Å². The third-order valence-electron chi connectivity index (χ3n) is 8.28. The molecule has 4 N–H and O–H groups in total. The van der Waals surface area contributed by atoms with Crippen LogP contribution in [-0.4, -0.2) is 28.7 Å². The normalized spacial score (nSPS) is 16.1. The molecule has 5 amide bonds. The highest BCUT2D eigenvalue weighted by Gasteiger charge is 2.35. The van der Waals surface area contributed by atoms with E-state index in [1.165, 1.54) is 0 Å². The Kier molecular flexibility index (Phi) is 8.26. The first-order valence-electron chi connectivity index (χ1n) is 15.6. The zero-order valence-corrected chi connectivity index (χ0v) is 26.3. The number of amides is 5. The lowest BCUT2D eigenvalue weighted by atomic mass is 9.98. The molecule has 4 aromatic carbocycles. The molecule has 240 valence electrons. The van der Waals surface area contributed by atoms with E-state index in [9.17, 15) is 19.2 Å². The van der Waals surface area contributed by atoms with Crippen molar-refractivity contribution >= 4 is 58.2 Å². The van der Waals surface area contributed by atoms with Gasteiger partial charge in [-0.1, -0.05) is 60.7 Å². The smallest absolute Gasteiger partial charge is 0.333 e. The highest BCUT2D eigenvalue weighted by molar-refractivity contribution is 6.37. The van der Waals surface area contributed by atoms with Gasteiger partial charge in [0, 0.05) is 40.5 Å². The van der Waals surface area contributed by atoms with Crippen LogP contribution in [0.2, 0.25) is 0 Å². The van der Waals surface area contributed by atoms with E-state index in [0.717, 1.165) is 16.0 Å². The Hall–Kier alpha value is -6.81. The van der Waals surface area contributed by atoms with E-state index in [-0.39, 0.29) is 23.6 Å².